The Morgan fingerprint density at radius 1 is 1.41 bits per heavy atom. The lowest BCUT2D eigenvalue weighted by atomic mass is 9.97. The Labute approximate surface area is 108 Å². The third kappa shape index (κ3) is 3.37. The smallest absolute Gasteiger partial charge is 0.245 e. The summed E-state index contributed by atoms with van der Waals surface area (Å²) < 4.78 is 0. The van der Waals surface area contributed by atoms with Gasteiger partial charge in [0.15, 0.2) is 0 Å². The first kappa shape index (κ1) is 14.4. The predicted molar refractivity (Wildman–Crippen MR) is 70.9 cm³/mol. The molecule has 0 aromatic carbocycles. The second-order valence-electron chi connectivity index (χ2n) is 4.65. The average Bonchev–Trinajstić information content (AvgIpc) is 2.24. The van der Waals surface area contributed by atoms with E-state index in [-0.39, 0.29) is 29.8 Å². The van der Waals surface area contributed by atoms with Crippen LogP contribution in [0.4, 0.5) is 0 Å². The van der Waals surface area contributed by atoms with Crippen molar-refractivity contribution in [3.8, 4) is 0 Å². The van der Waals surface area contributed by atoms with Gasteiger partial charge in [0.05, 0.1) is 0 Å². The van der Waals surface area contributed by atoms with Crippen molar-refractivity contribution in [1.29, 1.82) is 0 Å². The van der Waals surface area contributed by atoms with Crippen LogP contribution in [0.3, 0.4) is 0 Å². The molecule has 0 bridgehead atoms. The van der Waals surface area contributed by atoms with Crippen molar-refractivity contribution >= 4 is 23.6 Å². The van der Waals surface area contributed by atoms with E-state index in [2.05, 4.69) is 12.2 Å². The predicted octanol–water partition coefficient (Wildman–Crippen LogP) is 1.11. The van der Waals surface area contributed by atoms with E-state index in [9.17, 15) is 9.59 Å². The molecule has 2 atom stereocenters. The molecular weight excluding hydrogens is 236 g/mol. The number of piperazine rings is 1. The zero-order valence-corrected chi connectivity index (χ0v) is 11.8. The highest BCUT2D eigenvalue weighted by Gasteiger charge is 2.39. The summed E-state index contributed by atoms with van der Waals surface area (Å²) in [6.07, 6.45) is 0. The third-order valence-corrected chi connectivity index (χ3v) is 3.81. The summed E-state index contributed by atoms with van der Waals surface area (Å²) in [6.45, 7) is 8.47. The summed E-state index contributed by atoms with van der Waals surface area (Å²) in [7, 11) is 0. The standard InChI is InChI=1S/C12H22N2O2S/c1-5-17-7-6-14-10(8(2)3)11(15)13-9(4)12(14)16/h8-10H,5-7H2,1-4H3,(H,13,15). The van der Waals surface area contributed by atoms with Crippen LogP contribution in [0.25, 0.3) is 0 Å². The minimum Gasteiger partial charge on any atom is -0.343 e. The van der Waals surface area contributed by atoms with Crippen LogP contribution in [0.2, 0.25) is 0 Å². The molecule has 98 valence electrons. The topological polar surface area (TPSA) is 49.4 Å². The van der Waals surface area contributed by atoms with Crippen LogP contribution in [0.15, 0.2) is 0 Å². The molecule has 1 aliphatic rings. The Kier molecular flexibility index (Phi) is 5.31. The Hall–Kier alpha value is -0.710. The summed E-state index contributed by atoms with van der Waals surface area (Å²) in [4.78, 5) is 25.8. The molecule has 1 fully saturated rings. The number of nitrogens with one attached hydrogen (secondary N) is 1. The normalized spacial score (nSPS) is 25.4. The number of rotatable bonds is 5. The molecule has 0 aromatic rings. The van der Waals surface area contributed by atoms with E-state index in [0.29, 0.717) is 6.54 Å². The first-order valence-electron chi connectivity index (χ1n) is 6.17. The molecule has 2 unspecified atom stereocenters. The fourth-order valence-corrected chi connectivity index (χ4v) is 2.72. The summed E-state index contributed by atoms with van der Waals surface area (Å²) in [5, 5.41) is 2.74. The molecule has 0 spiro atoms. The number of carbonyl (C=O) groups excluding carboxylic acids is 2. The molecule has 4 nitrogen and oxygen atoms in total. The van der Waals surface area contributed by atoms with Crippen molar-refractivity contribution in [2.45, 2.75) is 39.8 Å². The van der Waals surface area contributed by atoms with Crippen LogP contribution in [0.5, 0.6) is 0 Å². The summed E-state index contributed by atoms with van der Waals surface area (Å²) in [5.74, 6) is 2.10. The van der Waals surface area contributed by atoms with E-state index in [1.165, 1.54) is 0 Å². The quantitative estimate of drug-likeness (QED) is 0.752. The fourth-order valence-electron chi connectivity index (χ4n) is 2.11. The van der Waals surface area contributed by atoms with Gasteiger partial charge >= 0.3 is 0 Å². The maximum Gasteiger partial charge on any atom is 0.245 e. The van der Waals surface area contributed by atoms with Crippen LogP contribution in [0.1, 0.15) is 27.7 Å². The first-order chi connectivity index (χ1) is 7.99. The Morgan fingerprint density at radius 3 is 2.59 bits per heavy atom. The van der Waals surface area contributed by atoms with Crippen molar-refractivity contribution < 1.29 is 9.59 Å². The highest BCUT2D eigenvalue weighted by atomic mass is 32.2. The number of amides is 2. The monoisotopic (exact) mass is 258 g/mol. The molecule has 1 heterocycles. The van der Waals surface area contributed by atoms with Gasteiger partial charge in [-0.15, -0.1) is 0 Å². The number of hydrogen-bond donors (Lipinski definition) is 1. The average molecular weight is 258 g/mol. The molecule has 0 saturated carbocycles. The van der Waals surface area contributed by atoms with Crippen molar-refractivity contribution in [3.63, 3.8) is 0 Å². The lowest BCUT2D eigenvalue weighted by Crippen LogP contribution is -2.64. The number of thioether (sulfide) groups is 1. The molecule has 1 aliphatic heterocycles. The van der Waals surface area contributed by atoms with E-state index in [4.69, 9.17) is 0 Å². The van der Waals surface area contributed by atoms with Crippen LogP contribution in [-0.4, -0.2) is 46.8 Å². The van der Waals surface area contributed by atoms with Gasteiger partial charge in [0, 0.05) is 12.3 Å². The van der Waals surface area contributed by atoms with E-state index >= 15 is 0 Å². The zero-order chi connectivity index (χ0) is 13.0. The molecule has 2 amide bonds. The molecule has 0 aromatic heterocycles. The fraction of sp³-hybridized carbons (Fsp3) is 0.833. The second kappa shape index (κ2) is 6.28. The van der Waals surface area contributed by atoms with Gasteiger partial charge in [-0.1, -0.05) is 20.8 Å². The van der Waals surface area contributed by atoms with Crippen molar-refractivity contribution in [2.75, 3.05) is 18.1 Å². The highest BCUT2D eigenvalue weighted by Crippen LogP contribution is 2.18. The molecule has 0 radical (unpaired) electrons. The molecule has 1 N–H and O–H groups in total. The van der Waals surface area contributed by atoms with Crippen LogP contribution >= 0.6 is 11.8 Å². The van der Waals surface area contributed by atoms with Crippen molar-refractivity contribution in [2.24, 2.45) is 5.92 Å². The molecule has 17 heavy (non-hydrogen) atoms. The van der Waals surface area contributed by atoms with Crippen molar-refractivity contribution in [3.05, 3.63) is 0 Å². The summed E-state index contributed by atoms with van der Waals surface area (Å²) in [6, 6.07) is -0.694. The van der Waals surface area contributed by atoms with Gasteiger partial charge in [-0.25, -0.2) is 0 Å². The van der Waals surface area contributed by atoms with E-state index in [1.54, 1.807) is 23.6 Å². The number of nitrogens with zero attached hydrogens (tertiary/aromatic N) is 1. The Bertz CT molecular complexity index is 294. The molecule has 5 heteroatoms. The van der Waals surface area contributed by atoms with Gasteiger partial charge in [-0.3, -0.25) is 9.59 Å². The van der Waals surface area contributed by atoms with Crippen LogP contribution in [0, 0.1) is 5.92 Å². The second-order valence-corrected chi connectivity index (χ2v) is 6.04. The summed E-state index contributed by atoms with van der Waals surface area (Å²) in [5.41, 5.74) is 0. The third-order valence-electron chi connectivity index (χ3n) is 2.93. The highest BCUT2D eigenvalue weighted by molar-refractivity contribution is 7.99. The van der Waals surface area contributed by atoms with Gasteiger partial charge in [-0.2, -0.15) is 11.8 Å². The minimum atomic E-state index is -0.385. The van der Waals surface area contributed by atoms with Gasteiger partial charge in [-0.05, 0) is 18.6 Å². The van der Waals surface area contributed by atoms with Gasteiger partial charge in [0.25, 0.3) is 0 Å². The molecule has 0 aliphatic carbocycles. The first-order valence-corrected chi connectivity index (χ1v) is 7.33. The molecule has 1 rings (SSSR count). The van der Waals surface area contributed by atoms with E-state index in [1.807, 2.05) is 13.8 Å². The van der Waals surface area contributed by atoms with Gasteiger partial charge in [0.2, 0.25) is 11.8 Å². The minimum absolute atomic E-state index is 0.0198. The zero-order valence-electron chi connectivity index (χ0n) is 11.0. The maximum atomic E-state index is 12.1. The Morgan fingerprint density at radius 2 is 2.06 bits per heavy atom. The SMILES string of the molecule is CCSCCN1C(=O)C(C)NC(=O)C1C(C)C. The Balaban J connectivity index is 2.75. The van der Waals surface area contributed by atoms with Crippen molar-refractivity contribution in [1.82, 2.24) is 10.2 Å². The lowest BCUT2D eigenvalue weighted by molar-refractivity contribution is -0.150. The molecule has 1 saturated heterocycles. The van der Waals surface area contributed by atoms with E-state index < -0.39 is 0 Å². The van der Waals surface area contributed by atoms with Gasteiger partial charge < -0.3 is 10.2 Å². The number of hydrogen-bond acceptors (Lipinski definition) is 3. The lowest BCUT2D eigenvalue weighted by Gasteiger charge is -2.39. The van der Waals surface area contributed by atoms with Crippen LogP contribution in [-0.2, 0) is 9.59 Å². The van der Waals surface area contributed by atoms with Crippen LogP contribution < -0.4 is 5.32 Å². The van der Waals surface area contributed by atoms with Gasteiger partial charge in [0.1, 0.15) is 12.1 Å². The maximum absolute atomic E-state index is 12.1. The number of carbonyl (C=O) groups is 2. The summed E-state index contributed by atoms with van der Waals surface area (Å²) >= 11 is 1.79. The molecular formula is C12H22N2O2S. The van der Waals surface area contributed by atoms with E-state index in [0.717, 1.165) is 11.5 Å². The largest absolute Gasteiger partial charge is 0.343 e.